The molecular weight excluding hydrogens is 549 g/mol. The maximum atomic E-state index is 12.9. The van der Waals surface area contributed by atoms with Crippen LogP contribution in [0.25, 0.3) is 27.9 Å². The minimum Gasteiger partial charge on any atom is -0.371 e. The van der Waals surface area contributed by atoms with Gasteiger partial charge in [0.25, 0.3) is 5.92 Å². The van der Waals surface area contributed by atoms with Gasteiger partial charge in [-0.2, -0.15) is 22.5 Å². The number of nitrogens with one attached hydrogen (secondary N) is 1. The lowest BCUT2D eigenvalue weighted by Crippen LogP contribution is -2.45. The fourth-order valence-corrected chi connectivity index (χ4v) is 5.15. The fourth-order valence-electron chi connectivity index (χ4n) is 4.27. The van der Waals surface area contributed by atoms with Crippen molar-refractivity contribution < 1.29 is 30.4 Å². The molecule has 5 heterocycles. The smallest absolute Gasteiger partial charge is 0.371 e. The molecule has 0 spiro atoms. The highest BCUT2D eigenvalue weighted by molar-refractivity contribution is 7.88. The normalized spacial score (nSPS) is 16.3. The molecule has 0 atom stereocenters. The summed E-state index contributed by atoms with van der Waals surface area (Å²) in [6.07, 6.45) is -1.70. The fraction of sp³-hybridized carbons (Fsp3) is 0.455. The van der Waals surface area contributed by atoms with Gasteiger partial charge < -0.3 is 15.6 Å². The maximum absolute atomic E-state index is 12.9. The second kappa shape index (κ2) is 10.2. The first-order valence-electron chi connectivity index (χ1n) is 11.6. The third kappa shape index (κ3) is 6.35. The van der Waals surface area contributed by atoms with Crippen molar-refractivity contribution in [2.24, 2.45) is 0 Å². The third-order valence-corrected chi connectivity index (χ3v) is 7.24. The summed E-state index contributed by atoms with van der Waals surface area (Å²) >= 11 is 0. The zero-order chi connectivity index (χ0) is 28.8. The van der Waals surface area contributed by atoms with Crippen LogP contribution in [0.5, 0.6) is 0 Å². The van der Waals surface area contributed by atoms with Crippen LogP contribution < -0.4 is 11.1 Å². The summed E-state index contributed by atoms with van der Waals surface area (Å²) in [7, 11) is -1.75. The Hall–Kier alpha value is -3.60. The van der Waals surface area contributed by atoms with Crippen LogP contribution in [0.4, 0.5) is 33.7 Å². The van der Waals surface area contributed by atoms with Crippen LogP contribution in [-0.2, 0) is 16.6 Å². The van der Waals surface area contributed by atoms with E-state index in [-0.39, 0.29) is 36.8 Å². The van der Waals surface area contributed by atoms with Gasteiger partial charge in [0.05, 0.1) is 18.5 Å². The van der Waals surface area contributed by atoms with E-state index in [9.17, 15) is 30.4 Å². The molecule has 3 N–H and O–H groups in total. The van der Waals surface area contributed by atoms with Crippen LogP contribution in [0.1, 0.15) is 18.7 Å². The van der Waals surface area contributed by atoms with Crippen molar-refractivity contribution in [3.8, 4) is 11.3 Å². The summed E-state index contributed by atoms with van der Waals surface area (Å²) in [5.74, 6) is -2.01. The van der Waals surface area contributed by atoms with Gasteiger partial charge >= 0.3 is 6.18 Å². The molecule has 17 heteroatoms. The minimum atomic E-state index is -4.37. The predicted octanol–water partition coefficient (Wildman–Crippen LogP) is 3.31. The molecule has 39 heavy (non-hydrogen) atoms. The van der Waals surface area contributed by atoms with Crippen LogP contribution in [0.15, 0.2) is 24.4 Å². The van der Waals surface area contributed by atoms with E-state index in [0.717, 1.165) is 15.1 Å². The van der Waals surface area contributed by atoms with Crippen LogP contribution >= 0.6 is 0 Å². The Morgan fingerprint density at radius 1 is 1.15 bits per heavy atom. The number of nitrogen functional groups attached to an aromatic ring is 1. The zero-order valence-electron chi connectivity index (χ0n) is 21.2. The number of piperidine rings is 1. The van der Waals surface area contributed by atoms with Gasteiger partial charge in [-0.05, 0) is 31.5 Å². The number of hydrogen-bond acceptors (Lipinski definition) is 8. The number of pyridine rings is 1. The first-order valence-corrected chi connectivity index (χ1v) is 13.5. The van der Waals surface area contributed by atoms with Crippen LogP contribution in [0.2, 0.25) is 0 Å². The van der Waals surface area contributed by atoms with E-state index >= 15 is 0 Å². The Labute approximate surface area is 219 Å². The summed E-state index contributed by atoms with van der Waals surface area (Å²) in [6, 6.07) is 5.12. The van der Waals surface area contributed by atoms with E-state index in [1.807, 2.05) is 0 Å². The lowest BCUT2D eigenvalue weighted by molar-refractivity contribution is -0.140. The average Bonchev–Trinajstić information content (AvgIpc) is 3.37. The number of hydrogen-bond donors (Lipinski definition) is 2. The van der Waals surface area contributed by atoms with E-state index < -0.39 is 35.2 Å². The molecule has 0 amide bonds. The molecule has 5 rings (SSSR count). The molecule has 4 aromatic rings. The van der Waals surface area contributed by atoms with Crippen LogP contribution in [0.3, 0.4) is 0 Å². The topological polar surface area (TPSA) is 136 Å². The lowest BCUT2D eigenvalue weighted by atomic mass is 10.1. The molecule has 1 aliphatic heterocycles. The van der Waals surface area contributed by atoms with Gasteiger partial charge in [-0.1, -0.05) is 0 Å². The van der Waals surface area contributed by atoms with Crippen molar-refractivity contribution in [3.05, 3.63) is 30.2 Å². The van der Waals surface area contributed by atoms with Gasteiger partial charge in [0.15, 0.2) is 11.5 Å². The van der Waals surface area contributed by atoms with Crippen molar-refractivity contribution >= 4 is 38.5 Å². The first kappa shape index (κ1) is 28.4. The van der Waals surface area contributed by atoms with Gasteiger partial charge in [0, 0.05) is 31.8 Å². The summed E-state index contributed by atoms with van der Waals surface area (Å²) in [5.41, 5.74) is 8.03. The summed E-state index contributed by atoms with van der Waals surface area (Å²) in [6.45, 7) is -0.0689. The molecule has 1 fully saturated rings. The highest BCUT2D eigenvalue weighted by Crippen LogP contribution is 2.31. The molecule has 0 radical (unpaired) electrons. The van der Waals surface area contributed by atoms with Crippen molar-refractivity contribution in [2.45, 2.75) is 38.4 Å². The molecule has 0 saturated carbocycles. The monoisotopic (exact) mass is 575 g/mol. The molecular formula is C22H26F5N9O2S. The highest BCUT2D eigenvalue weighted by atomic mass is 32.2. The number of aryl methyl sites for hydroxylation is 1. The van der Waals surface area contributed by atoms with Gasteiger partial charge in [-0.25, -0.2) is 31.7 Å². The van der Waals surface area contributed by atoms with Crippen molar-refractivity contribution in [1.82, 2.24) is 33.4 Å². The Bertz CT molecular complexity index is 1620. The van der Waals surface area contributed by atoms with Crippen molar-refractivity contribution in [2.75, 3.05) is 37.4 Å². The molecule has 1 saturated heterocycles. The molecule has 1 aliphatic rings. The quantitative estimate of drug-likeness (QED) is 0.354. The Morgan fingerprint density at radius 3 is 2.46 bits per heavy atom. The van der Waals surface area contributed by atoms with Gasteiger partial charge in [0.2, 0.25) is 16.0 Å². The summed E-state index contributed by atoms with van der Waals surface area (Å²) in [5, 5.41) is 7.06. The number of alkyl halides is 5. The summed E-state index contributed by atoms with van der Waals surface area (Å²) in [4.78, 5) is 12.8. The third-order valence-electron chi connectivity index (χ3n) is 5.99. The Balaban J connectivity index is 0.000000247. The molecule has 0 aliphatic carbocycles. The average molecular weight is 576 g/mol. The largest absolute Gasteiger partial charge is 0.406 e. The van der Waals surface area contributed by atoms with E-state index in [1.54, 1.807) is 36.0 Å². The van der Waals surface area contributed by atoms with E-state index in [2.05, 4.69) is 25.4 Å². The Morgan fingerprint density at radius 2 is 1.87 bits per heavy atom. The standard InChI is InChI=1S/C16H15F3N8.C6H11F2NO2S/c1-8-22-11-4-3-10(23-14(11)26(8)7-16(17,18)19)9-5-6-27-12(9)13(21-2)24-15(20)25-27;1-12(10,11)9-4-2-3-6(7,8)5-9/h3-6H,7H2,1-2H3,(H3,20,21,24,25);2-5H2,1H3. The molecule has 11 nitrogen and oxygen atoms in total. The second-order valence-corrected chi connectivity index (χ2v) is 11.0. The number of nitrogens with zero attached hydrogens (tertiary/aromatic N) is 7. The van der Waals surface area contributed by atoms with Gasteiger partial charge in [-0.3, -0.25) is 0 Å². The van der Waals surface area contributed by atoms with Crippen molar-refractivity contribution in [3.63, 3.8) is 0 Å². The summed E-state index contributed by atoms with van der Waals surface area (Å²) < 4.78 is 89.3. The number of imidazole rings is 1. The number of aromatic nitrogens is 6. The maximum Gasteiger partial charge on any atom is 0.406 e. The number of fused-ring (bicyclic) bond motifs is 2. The number of halogens is 5. The SMILES string of the molecule is CNc1nc(N)nn2ccc(-c3ccc4nc(C)n(CC(F)(F)F)c4n3)c12.CS(=O)(=O)N1CCCC(F)(F)C1. The van der Waals surface area contributed by atoms with E-state index in [4.69, 9.17) is 5.73 Å². The van der Waals surface area contributed by atoms with Crippen molar-refractivity contribution in [1.29, 1.82) is 0 Å². The minimum absolute atomic E-state index is 0.0938. The van der Waals surface area contributed by atoms with Gasteiger partial charge in [-0.15, -0.1) is 5.10 Å². The van der Waals surface area contributed by atoms with Crippen LogP contribution in [-0.4, -0.2) is 80.3 Å². The van der Waals surface area contributed by atoms with E-state index in [0.29, 0.717) is 28.1 Å². The number of rotatable bonds is 4. The second-order valence-electron chi connectivity index (χ2n) is 9.05. The van der Waals surface area contributed by atoms with Gasteiger partial charge in [0.1, 0.15) is 23.4 Å². The molecule has 0 aromatic carbocycles. The molecule has 212 valence electrons. The molecule has 0 unspecified atom stereocenters. The number of nitrogens with two attached hydrogens (primary N) is 1. The Kier molecular flexibility index (Phi) is 7.41. The van der Waals surface area contributed by atoms with Crippen LogP contribution in [0, 0.1) is 6.92 Å². The highest BCUT2D eigenvalue weighted by Gasteiger charge is 2.38. The lowest BCUT2D eigenvalue weighted by Gasteiger charge is -2.30. The predicted molar refractivity (Wildman–Crippen MR) is 135 cm³/mol. The van der Waals surface area contributed by atoms with E-state index in [1.165, 1.54) is 6.92 Å². The first-order chi connectivity index (χ1) is 18.1. The number of anilines is 2. The zero-order valence-corrected chi connectivity index (χ0v) is 22.0. The molecule has 0 bridgehead atoms. The molecule has 4 aromatic heterocycles. The number of sulfonamides is 1.